The number of hydrogen-bond acceptors (Lipinski definition) is 6. The summed E-state index contributed by atoms with van der Waals surface area (Å²) >= 11 is 0. The summed E-state index contributed by atoms with van der Waals surface area (Å²) in [4.78, 5) is 37.3. The second kappa shape index (κ2) is 6.93. The third-order valence-corrected chi connectivity index (χ3v) is 6.80. The van der Waals surface area contributed by atoms with Gasteiger partial charge in [0.05, 0.1) is 21.9 Å². The molecule has 0 spiro atoms. The van der Waals surface area contributed by atoms with Gasteiger partial charge in [-0.05, 0) is 55.9 Å². The summed E-state index contributed by atoms with van der Waals surface area (Å²) in [6.45, 7) is 3.65. The molecule has 11 heteroatoms. The number of amides is 1. The standard InChI is InChI=1S/C19H19N5O5S.2H2/c1-2-16(25)21-24-17(26)14-9-13(30(28,29)22-19(11-20)7-8-19)5-6-15(14)23(18(24)27)10-12-3-4-12;;/h2,5-6,9,12,22H,1,3-4,7-8,10H2,(H,21,25);2*1H. The van der Waals surface area contributed by atoms with Gasteiger partial charge in [-0.3, -0.25) is 19.6 Å². The highest BCUT2D eigenvalue weighted by Gasteiger charge is 2.46. The van der Waals surface area contributed by atoms with Crippen molar-refractivity contribution in [1.82, 2.24) is 14.0 Å². The molecule has 30 heavy (non-hydrogen) atoms. The molecule has 0 unspecified atom stereocenters. The fourth-order valence-corrected chi connectivity index (χ4v) is 4.59. The predicted octanol–water partition coefficient (Wildman–Crippen LogP) is 0.656. The Bertz CT molecular complexity index is 1350. The van der Waals surface area contributed by atoms with Crippen molar-refractivity contribution < 1.29 is 16.1 Å². The molecule has 160 valence electrons. The molecule has 0 atom stereocenters. The first kappa shape index (κ1) is 20.1. The molecule has 1 aromatic heterocycles. The number of rotatable bonds is 7. The van der Waals surface area contributed by atoms with E-state index in [2.05, 4.69) is 16.7 Å². The monoisotopic (exact) mass is 433 g/mol. The highest BCUT2D eigenvalue weighted by Crippen LogP contribution is 2.36. The third-order valence-electron chi connectivity index (χ3n) is 5.26. The van der Waals surface area contributed by atoms with E-state index < -0.39 is 32.7 Å². The lowest BCUT2D eigenvalue weighted by molar-refractivity contribution is -0.112. The summed E-state index contributed by atoms with van der Waals surface area (Å²) in [5, 5.41) is 9.13. The smallest absolute Gasteiger partial charge is 0.291 e. The molecule has 0 aliphatic heterocycles. The number of sulfonamides is 1. The van der Waals surface area contributed by atoms with Gasteiger partial charge in [0.25, 0.3) is 11.5 Å². The summed E-state index contributed by atoms with van der Waals surface area (Å²) in [6, 6.07) is 5.81. The molecule has 10 nitrogen and oxygen atoms in total. The number of nitriles is 1. The Morgan fingerprint density at radius 3 is 2.63 bits per heavy atom. The van der Waals surface area contributed by atoms with E-state index in [1.807, 2.05) is 6.07 Å². The molecular formula is C19H23N5O5S. The summed E-state index contributed by atoms with van der Waals surface area (Å²) in [5.74, 6) is -0.468. The maximum atomic E-state index is 12.9. The van der Waals surface area contributed by atoms with E-state index in [9.17, 15) is 22.8 Å². The molecular weight excluding hydrogens is 410 g/mol. The van der Waals surface area contributed by atoms with Gasteiger partial charge in [0.2, 0.25) is 10.0 Å². The molecule has 2 saturated carbocycles. The van der Waals surface area contributed by atoms with Gasteiger partial charge in [-0.2, -0.15) is 14.7 Å². The van der Waals surface area contributed by atoms with E-state index in [-0.39, 0.29) is 24.6 Å². The number of hydrogen-bond donors (Lipinski definition) is 2. The molecule has 2 N–H and O–H groups in total. The van der Waals surface area contributed by atoms with Crippen molar-refractivity contribution in [2.75, 3.05) is 5.43 Å². The van der Waals surface area contributed by atoms with E-state index in [0.717, 1.165) is 25.0 Å². The van der Waals surface area contributed by atoms with Crippen molar-refractivity contribution in [1.29, 1.82) is 5.26 Å². The Balaban J connectivity index is 0.00000181. The third kappa shape index (κ3) is 3.55. The van der Waals surface area contributed by atoms with Gasteiger partial charge in [-0.15, -0.1) is 0 Å². The van der Waals surface area contributed by atoms with Gasteiger partial charge in [0.1, 0.15) is 5.54 Å². The van der Waals surface area contributed by atoms with Crippen LogP contribution in [0.15, 0.2) is 45.3 Å². The Morgan fingerprint density at radius 1 is 1.37 bits per heavy atom. The van der Waals surface area contributed by atoms with Crippen LogP contribution >= 0.6 is 0 Å². The maximum absolute atomic E-state index is 12.9. The summed E-state index contributed by atoms with van der Waals surface area (Å²) < 4.78 is 29.8. The lowest BCUT2D eigenvalue weighted by atomic mass is 10.2. The Kier molecular flexibility index (Phi) is 4.63. The molecule has 0 saturated heterocycles. The zero-order valence-electron chi connectivity index (χ0n) is 15.9. The van der Waals surface area contributed by atoms with Gasteiger partial charge in [0, 0.05) is 9.40 Å². The van der Waals surface area contributed by atoms with E-state index in [4.69, 9.17) is 5.26 Å². The molecule has 0 bridgehead atoms. The van der Waals surface area contributed by atoms with Crippen LogP contribution in [0, 0.1) is 17.2 Å². The van der Waals surface area contributed by atoms with Gasteiger partial charge in [-0.25, -0.2) is 13.2 Å². The van der Waals surface area contributed by atoms with E-state index in [1.165, 1.54) is 16.7 Å². The van der Waals surface area contributed by atoms with Gasteiger partial charge >= 0.3 is 5.69 Å². The molecule has 1 amide bonds. The van der Waals surface area contributed by atoms with Gasteiger partial charge in [-0.1, -0.05) is 6.58 Å². The summed E-state index contributed by atoms with van der Waals surface area (Å²) in [7, 11) is -4.06. The second-order valence-corrected chi connectivity index (χ2v) is 9.32. The van der Waals surface area contributed by atoms with Crippen LogP contribution in [-0.2, 0) is 21.4 Å². The molecule has 4 rings (SSSR count). The molecule has 1 aromatic carbocycles. The van der Waals surface area contributed by atoms with Gasteiger partial charge < -0.3 is 0 Å². The average molecular weight is 433 g/mol. The number of carbonyl (C=O) groups excluding carboxylic acids is 1. The van der Waals surface area contributed by atoms with Crippen LogP contribution in [0.4, 0.5) is 0 Å². The summed E-state index contributed by atoms with van der Waals surface area (Å²) in [6.07, 6.45) is 3.63. The van der Waals surface area contributed by atoms with Crippen LogP contribution < -0.4 is 21.4 Å². The number of carbonyl (C=O) groups is 1. The lowest BCUT2D eigenvalue weighted by Crippen LogP contribution is -2.46. The molecule has 2 aliphatic rings. The maximum Gasteiger partial charge on any atom is 0.350 e. The zero-order chi connectivity index (χ0) is 21.7. The van der Waals surface area contributed by atoms with Crippen LogP contribution in [0.25, 0.3) is 10.9 Å². The zero-order valence-corrected chi connectivity index (χ0v) is 16.7. The topological polar surface area (TPSA) is 143 Å². The number of nitrogens with zero attached hydrogens (tertiary/aromatic N) is 3. The van der Waals surface area contributed by atoms with Crippen LogP contribution in [0.2, 0.25) is 0 Å². The number of fused-ring (bicyclic) bond motifs is 1. The fraction of sp³-hybridized carbons (Fsp3) is 0.368. The van der Waals surface area contributed by atoms with Crippen LogP contribution in [0.1, 0.15) is 28.5 Å². The van der Waals surface area contributed by atoms with Crippen molar-refractivity contribution in [3.8, 4) is 6.07 Å². The fourth-order valence-electron chi connectivity index (χ4n) is 3.19. The SMILES string of the molecule is C=CC(=O)Nn1c(=O)c2cc(S(=O)(=O)NC3(C#N)CC3)ccc2n(CC2CC2)c1=O.[HH].[HH]. The van der Waals surface area contributed by atoms with Crippen molar-refractivity contribution in [3.63, 3.8) is 0 Å². The van der Waals surface area contributed by atoms with E-state index >= 15 is 0 Å². The minimum absolute atomic E-state index is 0. The van der Waals surface area contributed by atoms with Crippen LogP contribution in [-0.4, -0.2) is 29.1 Å². The Labute approximate surface area is 174 Å². The minimum atomic E-state index is -4.06. The minimum Gasteiger partial charge on any atom is -0.291 e. The molecule has 2 aromatic rings. The molecule has 0 radical (unpaired) electrons. The lowest BCUT2D eigenvalue weighted by Gasteiger charge is -2.15. The predicted molar refractivity (Wildman–Crippen MR) is 112 cm³/mol. The number of benzene rings is 1. The van der Waals surface area contributed by atoms with Crippen LogP contribution in [0.5, 0.6) is 0 Å². The average Bonchev–Trinajstić information content (AvgIpc) is 3.65. The van der Waals surface area contributed by atoms with Crippen molar-refractivity contribution in [3.05, 3.63) is 51.7 Å². The van der Waals surface area contributed by atoms with Crippen LogP contribution in [0.3, 0.4) is 0 Å². The highest BCUT2D eigenvalue weighted by molar-refractivity contribution is 7.89. The normalized spacial score (nSPS) is 17.3. The number of nitrogens with one attached hydrogen (secondary N) is 2. The Hall–Kier alpha value is -3.23. The largest absolute Gasteiger partial charge is 0.350 e. The molecule has 2 fully saturated rings. The first-order valence-electron chi connectivity index (χ1n) is 9.38. The highest BCUT2D eigenvalue weighted by atomic mass is 32.2. The number of aromatic nitrogens is 2. The van der Waals surface area contributed by atoms with E-state index in [1.54, 1.807) is 0 Å². The first-order valence-corrected chi connectivity index (χ1v) is 10.9. The molecule has 2 aliphatic carbocycles. The van der Waals surface area contributed by atoms with E-state index in [0.29, 0.717) is 24.1 Å². The van der Waals surface area contributed by atoms with Gasteiger partial charge in [0.15, 0.2) is 0 Å². The summed E-state index contributed by atoms with van der Waals surface area (Å²) in [5.41, 5.74) is -0.229. The second-order valence-electron chi connectivity index (χ2n) is 7.64. The van der Waals surface area contributed by atoms with Crippen molar-refractivity contribution in [2.24, 2.45) is 5.92 Å². The van der Waals surface area contributed by atoms with Crippen molar-refractivity contribution >= 4 is 26.8 Å². The Morgan fingerprint density at radius 2 is 2.07 bits per heavy atom. The quantitative estimate of drug-likeness (QED) is 0.614. The van der Waals surface area contributed by atoms with Crippen molar-refractivity contribution in [2.45, 2.75) is 42.7 Å². The molecule has 1 heterocycles. The first-order chi connectivity index (χ1) is 14.2.